The first-order valence-electron chi connectivity index (χ1n) is 9.33. The summed E-state index contributed by atoms with van der Waals surface area (Å²) in [5.74, 6) is 0.211. The maximum atomic E-state index is 13.2. The van der Waals surface area contributed by atoms with Crippen molar-refractivity contribution in [2.75, 3.05) is 13.1 Å². The van der Waals surface area contributed by atoms with Crippen molar-refractivity contribution in [3.8, 4) is 0 Å². The number of likely N-dealkylation sites (tertiary alicyclic amines) is 1. The summed E-state index contributed by atoms with van der Waals surface area (Å²) in [5, 5.41) is 2.07. The van der Waals surface area contributed by atoms with Gasteiger partial charge in [-0.2, -0.15) is 0 Å². The van der Waals surface area contributed by atoms with Gasteiger partial charge in [-0.15, -0.1) is 11.3 Å². The van der Waals surface area contributed by atoms with E-state index in [1.165, 1.54) is 10.4 Å². The molecule has 2 atom stereocenters. The Balaban J connectivity index is 1.58. The monoisotopic (exact) mass is 368 g/mol. The molecule has 0 bridgehead atoms. The highest BCUT2D eigenvalue weighted by Gasteiger charge is 2.35. The van der Waals surface area contributed by atoms with Crippen molar-refractivity contribution in [1.29, 1.82) is 0 Å². The van der Waals surface area contributed by atoms with Gasteiger partial charge in [-0.25, -0.2) is 0 Å². The number of carbonyl (C=O) groups excluding carboxylic acids is 2. The predicted octanol–water partition coefficient (Wildman–Crippen LogP) is 3.95. The van der Waals surface area contributed by atoms with Gasteiger partial charge in [-0.1, -0.05) is 30.3 Å². The van der Waals surface area contributed by atoms with Gasteiger partial charge >= 0.3 is 0 Å². The lowest BCUT2D eigenvalue weighted by atomic mass is 9.90. The highest BCUT2D eigenvalue weighted by Crippen LogP contribution is 2.38. The lowest BCUT2D eigenvalue weighted by Gasteiger charge is -2.37. The second kappa shape index (κ2) is 7.23. The van der Waals surface area contributed by atoms with Crippen LogP contribution in [0.15, 0.2) is 41.8 Å². The van der Waals surface area contributed by atoms with Crippen molar-refractivity contribution in [1.82, 2.24) is 9.80 Å². The van der Waals surface area contributed by atoms with Crippen molar-refractivity contribution in [3.63, 3.8) is 0 Å². The predicted molar refractivity (Wildman–Crippen MR) is 103 cm³/mol. The maximum Gasteiger partial charge on any atom is 0.225 e. The number of hydrogen-bond acceptors (Lipinski definition) is 3. The van der Waals surface area contributed by atoms with E-state index in [4.69, 9.17) is 0 Å². The van der Waals surface area contributed by atoms with Crippen LogP contribution in [-0.2, 0) is 16.0 Å². The summed E-state index contributed by atoms with van der Waals surface area (Å²) in [4.78, 5) is 30.5. The molecule has 0 radical (unpaired) electrons. The number of amides is 2. The van der Waals surface area contributed by atoms with Gasteiger partial charge < -0.3 is 9.80 Å². The Morgan fingerprint density at radius 2 is 1.96 bits per heavy atom. The molecule has 2 aliphatic rings. The van der Waals surface area contributed by atoms with Crippen LogP contribution in [0.25, 0.3) is 0 Å². The van der Waals surface area contributed by atoms with Gasteiger partial charge in [0.2, 0.25) is 11.8 Å². The molecule has 1 fully saturated rings. The normalized spacial score (nSPS) is 22.3. The fourth-order valence-corrected chi connectivity index (χ4v) is 5.25. The average molecular weight is 369 g/mol. The minimum atomic E-state index is -0.144. The summed E-state index contributed by atoms with van der Waals surface area (Å²) < 4.78 is 0. The largest absolute Gasteiger partial charge is 0.335 e. The zero-order valence-corrected chi connectivity index (χ0v) is 15.9. The molecule has 2 amide bonds. The van der Waals surface area contributed by atoms with E-state index in [1.54, 1.807) is 18.3 Å². The molecule has 4 nitrogen and oxygen atoms in total. The van der Waals surface area contributed by atoms with Gasteiger partial charge in [-0.3, -0.25) is 9.59 Å². The topological polar surface area (TPSA) is 40.6 Å². The molecule has 26 heavy (non-hydrogen) atoms. The summed E-state index contributed by atoms with van der Waals surface area (Å²) in [5.41, 5.74) is 2.40. The van der Waals surface area contributed by atoms with Gasteiger partial charge in [0.15, 0.2) is 0 Å². The molecule has 136 valence electrons. The smallest absolute Gasteiger partial charge is 0.225 e. The number of fused-ring (bicyclic) bond motifs is 1. The number of thiophene rings is 1. The average Bonchev–Trinajstić information content (AvgIpc) is 3.32. The number of carbonyl (C=O) groups is 2. The van der Waals surface area contributed by atoms with Gasteiger partial charge in [0.25, 0.3) is 0 Å². The molecule has 1 aromatic carbocycles. The van der Waals surface area contributed by atoms with Crippen LogP contribution in [0.4, 0.5) is 0 Å². The first-order valence-corrected chi connectivity index (χ1v) is 10.2. The first-order chi connectivity index (χ1) is 12.6. The van der Waals surface area contributed by atoms with Crippen molar-refractivity contribution >= 4 is 23.2 Å². The van der Waals surface area contributed by atoms with Crippen LogP contribution in [0, 0.1) is 0 Å². The van der Waals surface area contributed by atoms with E-state index in [2.05, 4.69) is 29.6 Å². The summed E-state index contributed by atoms with van der Waals surface area (Å²) in [7, 11) is 0. The molecular weight excluding hydrogens is 344 g/mol. The second-order valence-corrected chi connectivity index (χ2v) is 8.12. The summed E-state index contributed by atoms with van der Waals surface area (Å²) in [6, 6.07) is 12.5. The van der Waals surface area contributed by atoms with Crippen LogP contribution >= 0.6 is 11.3 Å². The molecule has 2 aromatic rings. The van der Waals surface area contributed by atoms with Gasteiger partial charge in [0, 0.05) is 24.9 Å². The van der Waals surface area contributed by atoms with Crippen molar-refractivity contribution in [2.24, 2.45) is 0 Å². The minimum absolute atomic E-state index is 0.0496. The summed E-state index contributed by atoms with van der Waals surface area (Å²) in [6.45, 7) is 3.12. The van der Waals surface area contributed by atoms with Gasteiger partial charge in [0.05, 0.1) is 18.5 Å². The van der Waals surface area contributed by atoms with Crippen LogP contribution in [0.2, 0.25) is 0 Å². The highest BCUT2D eigenvalue weighted by atomic mass is 32.1. The molecule has 1 saturated heterocycles. The quantitative estimate of drug-likeness (QED) is 0.823. The van der Waals surface area contributed by atoms with E-state index in [1.807, 2.05) is 21.9 Å². The van der Waals surface area contributed by atoms with Crippen molar-refractivity contribution in [2.45, 2.75) is 44.7 Å². The zero-order valence-electron chi connectivity index (χ0n) is 15.1. The molecule has 5 heteroatoms. The third-order valence-electron chi connectivity index (χ3n) is 5.63. The van der Waals surface area contributed by atoms with Crippen LogP contribution < -0.4 is 0 Å². The summed E-state index contributed by atoms with van der Waals surface area (Å²) >= 11 is 1.72. The lowest BCUT2D eigenvalue weighted by Crippen LogP contribution is -2.42. The number of hydrogen-bond donors (Lipinski definition) is 0. The van der Waals surface area contributed by atoms with Crippen LogP contribution in [0.5, 0.6) is 0 Å². The molecule has 4 rings (SSSR count). The zero-order chi connectivity index (χ0) is 18.1. The van der Waals surface area contributed by atoms with Crippen LogP contribution in [-0.4, -0.2) is 34.7 Å². The fourth-order valence-electron chi connectivity index (χ4n) is 4.37. The standard InChI is InChI=1S/C21H24N2O2S/c1-15(24)22-12-10-16-6-2-3-7-17(16)19(22)14-21(25)23-11-4-8-18(23)20-9-5-13-26-20/h2-3,5-7,9,13,18-19H,4,8,10-12,14H2,1H3. The lowest BCUT2D eigenvalue weighted by molar-refractivity contribution is -0.137. The molecule has 2 aliphatic heterocycles. The fraction of sp³-hybridized carbons (Fsp3) is 0.429. The van der Waals surface area contributed by atoms with Gasteiger partial charge in [-0.05, 0) is 41.8 Å². The Bertz CT molecular complexity index is 802. The first kappa shape index (κ1) is 17.3. The Morgan fingerprint density at radius 3 is 2.73 bits per heavy atom. The molecule has 0 N–H and O–H groups in total. The van der Waals surface area contributed by atoms with E-state index in [9.17, 15) is 9.59 Å². The molecule has 1 aromatic heterocycles. The third-order valence-corrected chi connectivity index (χ3v) is 6.60. The maximum absolute atomic E-state index is 13.2. The Labute approximate surface area is 158 Å². The molecule has 3 heterocycles. The Kier molecular flexibility index (Phi) is 4.81. The second-order valence-electron chi connectivity index (χ2n) is 7.14. The van der Waals surface area contributed by atoms with Gasteiger partial charge in [0.1, 0.15) is 0 Å². The van der Waals surface area contributed by atoms with Crippen molar-refractivity contribution < 1.29 is 9.59 Å². The molecule has 2 unspecified atom stereocenters. The highest BCUT2D eigenvalue weighted by molar-refractivity contribution is 7.10. The van der Waals surface area contributed by atoms with Crippen LogP contribution in [0.3, 0.4) is 0 Å². The van der Waals surface area contributed by atoms with Crippen LogP contribution in [0.1, 0.15) is 54.3 Å². The molecule has 0 aliphatic carbocycles. The molecular formula is C21H24N2O2S. The van der Waals surface area contributed by atoms with Crippen molar-refractivity contribution in [3.05, 3.63) is 57.8 Å². The van der Waals surface area contributed by atoms with E-state index < -0.39 is 0 Å². The third kappa shape index (κ3) is 3.16. The van der Waals surface area contributed by atoms with E-state index in [-0.39, 0.29) is 23.9 Å². The number of benzene rings is 1. The number of rotatable bonds is 3. The SMILES string of the molecule is CC(=O)N1CCc2ccccc2C1CC(=O)N1CCCC1c1cccs1. The summed E-state index contributed by atoms with van der Waals surface area (Å²) in [6.07, 6.45) is 3.32. The Hall–Kier alpha value is -2.14. The number of nitrogens with zero attached hydrogens (tertiary/aromatic N) is 2. The Morgan fingerprint density at radius 1 is 1.12 bits per heavy atom. The van der Waals surface area contributed by atoms with E-state index in [0.29, 0.717) is 13.0 Å². The van der Waals surface area contributed by atoms with E-state index >= 15 is 0 Å². The molecule has 0 saturated carbocycles. The molecule has 0 spiro atoms. The van der Waals surface area contributed by atoms with E-state index in [0.717, 1.165) is 31.4 Å². The minimum Gasteiger partial charge on any atom is -0.335 e.